The van der Waals surface area contributed by atoms with E-state index in [2.05, 4.69) is 38.5 Å². The Balaban J connectivity index is 1.61. The highest BCUT2D eigenvalue weighted by molar-refractivity contribution is 5.94. The van der Waals surface area contributed by atoms with E-state index in [0.29, 0.717) is 17.0 Å². The van der Waals surface area contributed by atoms with Gasteiger partial charge in [0.1, 0.15) is 17.0 Å². The van der Waals surface area contributed by atoms with Crippen molar-refractivity contribution in [3.8, 4) is 23.3 Å². The molecule has 9 heteroatoms. The lowest BCUT2D eigenvalue weighted by Crippen LogP contribution is -2.33. The van der Waals surface area contributed by atoms with Crippen LogP contribution in [0.5, 0.6) is 5.75 Å². The van der Waals surface area contributed by atoms with Crippen molar-refractivity contribution in [3.05, 3.63) is 105 Å². The number of ether oxygens (including phenoxy) is 1. The van der Waals surface area contributed by atoms with Gasteiger partial charge >= 0.3 is 0 Å². The number of hydrogen-bond donors (Lipinski definition) is 2. The number of hydrogen-bond acceptors (Lipinski definition) is 7. The minimum Gasteiger partial charge on any atom is -0.497 e. The molecule has 1 atom stereocenters. The van der Waals surface area contributed by atoms with Crippen molar-refractivity contribution in [1.29, 1.82) is 5.26 Å². The van der Waals surface area contributed by atoms with Crippen molar-refractivity contribution < 1.29 is 9.53 Å². The van der Waals surface area contributed by atoms with Crippen LogP contribution in [0.15, 0.2) is 71.7 Å². The molecule has 0 fully saturated rings. The smallest absolute Gasteiger partial charge is 0.264 e. The van der Waals surface area contributed by atoms with Gasteiger partial charge in [0, 0.05) is 6.20 Å². The van der Waals surface area contributed by atoms with E-state index >= 15 is 0 Å². The van der Waals surface area contributed by atoms with Crippen LogP contribution in [0.3, 0.4) is 0 Å². The van der Waals surface area contributed by atoms with Gasteiger partial charge in [0.25, 0.3) is 11.5 Å². The van der Waals surface area contributed by atoms with Crippen LogP contribution >= 0.6 is 0 Å². The second-order valence-electron chi connectivity index (χ2n) is 8.05. The number of aryl methyl sites for hydroxylation is 1. The summed E-state index contributed by atoms with van der Waals surface area (Å²) >= 11 is 0. The zero-order valence-electron chi connectivity index (χ0n) is 19.9. The third kappa shape index (κ3) is 5.45. The van der Waals surface area contributed by atoms with E-state index in [9.17, 15) is 9.59 Å². The number of nitrogens with one attached hydrogen (secondary N) is 2. The second kappa shape index (κ2) is 11.1. The molecule has 0 bridgehead atoms. The van der Waals surface area contributed by atoms with Gasteiger partial charge in [-0.15, -0.1) is 5.10 Å². The second-order valence-corrected chi connectivity index (χ2v) is 8.05. The summed E-state index contributed by atoms with van der Waals surface area (Å²) < 4.78 is 5.23. The van der Waals surface area contributed by atoms with Gasteiger partial charge in [0.2, 0.25) is 0 Å². The van der Waals surface area contributed by atoms with Gasteiger partial charge in [-0.3, -0.25) is 9.59 Å². The van der Waals surface area contributed by atoms with Crippen LogP contribution in [-0.2, 0) is 6.42 Å². The number of nitrogens with zero attached hydrogens (tertiary/aromatic N) is 4. The first-order valence-electron chi connectivity index (χ1n) is 11.4. The normalized spacial score (nSPS) is 11.4. The van der Waals surface area contributed by atoms with Crippen molar-refractivity contribution in [2.75, 3.05) is 7.11 Å². The Morgan fingerprint density at radius 1 is 1.06 bits per heavy atom. The lowest BCUT2D eigenvalue weighted by molar-refractivity contribution is 0.0941. The molecule has 0 saturated carbocycles. The van der Waals surface area contributed by atoms with Gasteiger partial charge in [-0.2, -0.15) is 10.4 Å². The Bertz CT molecular complexity index is 1440. The Kier molecular flexibility index (Phi) is 7.46. The molecule has 1 amide bonds. The van der Waals surface area contributed by atoms with Crippen LogP contribution in [0.25, 0.3) is 11.5 Å². The fourth-order valence-electron chi connectivity index (χ4n) is 3.68. The first-order chi connectivity index (χ1) is 17.5. The van der Waals surface area contributed by atoms with E-state index in [1.165, 1.54) is 6.20 Å². The molecule has 9 nitrogen and oxygen atoms in total. The molecular formula is C27H24N6O3. The third-order valence-electron chi connectivity index (χ3n) is 5.61. The molecule has 2 N–H and O–H groups in total. The number of methoxy groups -OCH3 is 1. The number of H-pyrrole nitrogens is 1. The van der Waals surface area contributed by atoms with E-state index in [-0.39, 0.29) is 11.4 Å². The van der Waals surface area contributed by atoms with E-state index in [4.69, 9.17) is 10.00 Å². The number of nitriles is 1. The van der Waals surface area contributed by atoms with E-state index in [0.717, 1.165) is 29.7 Å². The maximum Gasteiger partial charge on any atom is 0.264 e. The van der Waals surface area contributed by atoms with Crippen LogP contribution in [0.4, 0.5) is 0 Å². The number of amides is 1. The van der Waals surface area contributed by atoms with E-state index in [1.807, 2.05) is 18.2 Å². The summed E-state index contributed by atoms with van der Waals surface area (Å²) in [5.74, 6) is 0.307. The molecule has 0 aliphatic heterocycles. The van der Waals surface area contributed by atoms with Crippen molar-refractivity contribution in [1.82, 2.24) is 25.5 Å². The zero-order chi connectivity index (χ0) is 25.5. The first kappa shape index (κ1) is 24.3. The molecule has 4 rings (SSSR count). The third-order valence-corrected chi connectivity index (χ3v) is 5.61. The molecule has 0 spiro atoms. The van der Waals surface area contributed by atoms with Crippen molar-refractivity contribution in [2.24, 2.45) is 0 Å². The molecule has 0 saturated heterocycles. The lowest BCUT2D eigenvalue weighted by atomic mass is 9.97. The number of carbonyl (C=O) groups excluding carboxylic acids is 1. The Labute approximate surface area is 207 Å². The molecular weight excluding hydrogens is 456 g/mol. The summed E-state index contributed by atoms with van der Waals surface area (Å²) in [6.45, 7) is 2.05. The molecule has 2 heterocycles. The number of carbonyl (C=O) groups is 1. The van der Waals surface area contributed by atoms with Crippen molar-refractivity contribution in [3.63, 3.8) is 0 Å². The summed E-state index contributed by atoms with van der Waals surface area (Å²) in [7, 11) is 1.57. The summed E-state index contributed by atoms with van der Waals surface area (Å²) in [5, 5.41) is 20.3. The fourth-order valence-corrected chi connectivity index (χ4v) is 3.68. The SMILES string of the molecule is CCCc1ccc(-c2ncc(C(=O)NC(c3ccc(C#N)cc3)c3ccc(OC)cc3)c(=O)[nH]2)nn1. The highest BCUT2D eigenvalue weighted by Gasteiger charge is 2.21. The summed E-state index contributed by atoms with van der Waals surface area (Å²) in [6, 6.07) is 19.2. The average molecular weight is 481 g/mol. The minimum absolute atomic E-state index is 0.138. The van der Waals surface area contributed by atoms with E-state index < -0.39 is 17.5 Å². The molecule has 0 aliphatic carbocycles. The van der Waals surface area contributed by atoms with Gasteiger partial charge < -0.3 is 15.0 Å². The number of aromatic amines is 1. The topological polar surface area (TPSA) is 134 Å². The standard InChI is InChI=1S/C27H24N6O3/c1-3-4-20-11-14-23(33-32-20)25-29-16-22(27(35)31-25)26(34)30-24(18-7-5-17(15-28)6-8-18)19-9-12-21(36-2)13-10-19/h5-14,16,24H,3-4H2,1-2H3,(H,30,34)(H,29,31,35). The van der Waals surface area contributed by atoms with Gasteiger partial charge in [-0.25, -0.2) is 4.98 Å². The Morgan fingerprint density at radius 3 is 2.31 bits per heavy atom. The molecule has 2 aromatic heterocycles. The monoisotopic (exact) mass is 480 g/mol. The largest absolute Gasteiger partial charge is 0.497 e. The van der Waals surface area contributed by atoms with Crippen LogP contribution in [0, 0.1) is 11.3 Å². The predicted octanol–water partition coefficient (Wildman–Crippen LogP) is 3.58. The van der Waals surface area contributed by atoms with Crippen molar-refractivity contribution >= 4 is 5.91 Å². The van der Waals surface area contributed by atoms with Crippen LogP contribution in [0.2, 0.25) is 0 Å². The fraction of sp³-hybridized carbons (Fsp3) is 0.185. The molecule has 36 heavy (non-hydrogen) atoms. The zero-order valence-corrected chi connectivity index (χ0v) is 19.9. The van der Waals surface area contributed by atoms with Gasteiger partial charge in [0.05, 0.1) is 30.5 Å². The lowest BCUT2D eigenvalue weighted by Gasteiger charge is -2.20. The summed E-state index contributed by atoms with van der Waals surface area (Å²) in [5.41, 5.74) is 2.56. The average Bonchev–Trinajstić information content (AvgIpc) is 2.92. The molecule has 2 aromatic carbocycles. The van der Waals surface area contributed by atoms with Crippen LogP contribution in [0.1, 0.15) is 52.1 Å². The summed E-state index contributed by atoms with van der Waals surface area (Å²) in [4.78, 5) is 32.8. The highest BCUT2D eigenvalue weighted by Crippen LogP contribution is 2.25. The van der Waals surface area contributed by atoms with Crippen molar-refractivity contribution in [2.45, 2.75) is 25.8 Å². The maximum absolute atomic E-state index is 13.2. The Morgan fingerprint density at radius 2 is 1.75 bits per heavy atom. The summed E-state index contributed by atoms with van der Waals surface area (Å²) in [6.07, 6.45) is 2.99. The molecule has 0 aliphatic rings. The predicted molar refractivity (Wildman–Crippen MR) is 133 cm³/mol. The van der Waals surface area contributed by atoms with Gasteiger partial charge in [-0.1, -0.05) is 37.6 Å². The highest BCUT2D eigenvalue weighted by atomic mass is 16.5. The van der Waals surface area contributed by atoms with Crippen LogP contribution < -0.4 is 15.6 Å². The molecule has 180 valence electrons. The first-order valence-corrected chi connectivity index (χ1v) is 11.4. The van der Waals surface area contributed by atoms with Crippen LogP contribution in [-0.4, -0.2) is 33.2 Å². The van der Waals surface area contributed by atoms with Gasteiger partial charge in [-0.05, 0) is 53.9 Å². The number of rotatable bonds is 8. The molecule has 0 radical (unpaired) electrons. The minimum atomic E-state index is -0.593. The quantitative estimate of drug-likeness (QED) is 0.394. The number of aromatic nitrogens is 4. The van der Waals surface area contributed by atoms with E-state index in [1.54, 1.807) is 49.6 Å². The molecule has 1 unspecified atom stereocenters. The molecule has 4 aromatic rings. The Hall–Kier alpha value is -4.84. The maximum atomic E-state index is 13.2. The van der Waals surface area contributed by atoms with Gasteiger partial charge in [0.15, 0.2) is 5.82 Å². The number of benzene rings is 2.